The molecular formula is C15H17NO3. The van der Waals surface area contributed by atoms with Gasteiger partial charge in [-0.3, -0.25) is 0 Å². The van der Waals surface area contributed by atoms with Crippen LogP contribution in [0.25, 0.3) is 0 Å². The van der Waals surface area contributed by atoms with E-state index < -0.39 is 0 Å². The fourth-order valence-corrected chi connectivity index (χ4v) is 2.79. The molecule has 3 rings (SSSR count). The molecule has 2 aliphatic rings. The van der Waals surface area contributed by atoms with Crippen molar-refractivity contribution in [3.05, 3.63) is 29.8 Å². The zero-order chi connectivity index (χ0) is 13.1. The normalized spacial score (nSPS) is 30.2. The minimum absolute atomic E-state index is 0.102. The highest BCUT2D eigenvalue weighted by molar-refractivity contribution is 5.42. The van der Waals surface area contributed by atoms with Crippen molar-refractivity contribution in [1.82, 2.24) is 0 Å². The van der Waals surface area contributed by atoms with E-state index in [-0.39, 0.29) is 11.7 Å². The molecule has 2 atom stereocenters. The van der Waals surface area contributed by atoms with Crippen molar-refractivity contribution in [3.63, 3.8) is 0 Å². The van der Waals surface area contributed by atoms with E-state index in [1.165, 1.54) is 0 Å². The smallest absolute Gasteiger partial charge is 0.137 e. The van der Waals surface area contributed by atoms with Crippen LogP contribution in [0.15, 0.2) is 24.3 Å². The zero-order valence-electron chi connectivity index (χ0n) is 10.8. The van der Waals surface area contributed by atoms with Crippen LogP contribution in [0.1, 0.15) is 24.8 Å². The van der Waals surface area contributed by atoms with Crippen molar-refractivity contribution in [2.45, 2.75) is 31.0 Å². The summed E-state index contributed by atoms with van der Waals surface area (Å²) in [4.78, 5) is 0. The Hall–Kier alpha value is -1.57. The lowest BCUT2D eigenvalue weighted by Gasteiger charge is -2.37. The zero-order valence-corrected chi connectivity index (χ0v) is 10.8. The third kappa shape index (κ3) is 2.58. The molecule has 1 aromatic carbocycles. The van der Waals surface area contributed by atoms with E-state index in [0.29, 0.717) is 24.5 Å². The second kappa shape index (κ2) is 5.20. The minimum Gasteiger partial charge on any atom is -0.489 e. The molecular weight excluding hydrogens is 242 g/mol. The first-order valence-electron chi connectivity index (χ1n) is 6.69. The van der Waals surface area contributed by atoms with Crippen LogP contribution in [0.2, 0.25) is 0 Å². The van der Waals surface area contributed by atoms with Crippen LogP contribution in [0, 0.1) is 11.3 Å². The maximum atomic E-state index is 9.08. The van der Waals surface area contributed by atoms with E-state index in [1.807, 2.05) is 18.2 Å². The van der Waals surface area contributed by atoms with E-state index in [4.69, 9.17) is 19.5 Å². The molecule has 1 spiro atoms. The van der Waals surface area contributed by atoms with Crippen molar-refractivity contribution < 1.29 is 14.2 Å². The van der Waals surface area contributed by atoms with Gasteiger partial charge in [-0.15, -0.1) is 0 Å². The molecule has 2 fully saturated rings. The SMILES string of the molecule is N#Cc1ccccc1OC1CCOC2(CCOC2)C1. The third-order valence-electron chi connectivity index (χ3n) is 3.82. The van der Waals surface area contributed by atoms with Crippen LogP contribution >= 0.6 is 0 Å². The molecule has 0 amide bonds. The van der Waals surface area contributed by atoms with E-state index in [0.717, 1.165) is 25.9 Å². The van der Waals surface area contributed by atoms with Gasteiger partial charge in [-0.2, -0.15) is 5.26 Å². The average Bonchev–Trinajstić information content (AvgIpc) is 2.87. The van der Waals surface area contributed by atoms with Crippen LogP contribution in [-0.4, -0.2) is 31.5 Å². The Kier molecular flexibility index (Phi) is 3.41. The first-order valence-corrected chi connectivity index (χ1v) is 6.69. The van der Waals surface area contributed by atoms with Crippen molar-refractivity contribution in [2.75, 3.05) is 19.8 Å². The van der Waals surface area contributed by atoms with Crippen LogP contribution < -0.4 is 4.74 Å². The fraction of sp³-hybridized carbons (Fsp3) is 0.533. The van der Waals surface area contributed by atoms with E-state index >= 15 is 0 Å². The minimum atomic E-state index is -0.162. The van der Waals surface area contributed by atoms with Gasteiger partial charge in [-0.05, 0) is 12.1 Å². The number of hydrogen-bond donors (Lipinski definition) is 0. The van der Waals surface area contributed by atoms with E-state index in [1.54, 1.807) is 6.07 Å². The van der Waals surface area contributed by atoms with Gasteiger partial charge >= 0.3 is 0 Å². The number of para-hydroxylation sites is 1. The molecule has 2 heterocycles. The molecule has 2 aliphatic heterocycles. The molecule has 100 valence electrons. The molecule has 0 N–H and O–H groups in total. The predicted octanol–water partition coefficient (Wildman–Crippen LogP) is 2.28. The summed E-state index contributed by atoms with van der Waals surface area (Å²) in [6, 6.07) is 9.54. The van der Waals surface area contributed by atoms with Gasteiger partial charge in [0.1, 0.15) is 17.9 Å². The Morgan fingerprint density at radius 3 is 3.00 bits per heavy atom. The van der Waals surface area contributed by atoms with Crippen LogP contribution in [0.5, 0.6) is 5.75 Å². The lowest BCUT2D eigenvalue weighted by molar-refractivity contribution is -0.112. The number of nitriles is 1. The number of hydrogen-bond acceptors (Lipinski definition) is 4. The molecule has 4 heteroatoms. The summed E-state index contributed by atoms with van der Waals surface area (Å²) in [6.07, 6.45) is 2.74. The molecule has 0 radical (unpaired) electrons. The Labute approximate surface area is 112 Å². The number of benzene rings is 1. The molecule has 4 nitrogen and oxygen atoms in total. The Morgan fingerprint density at radius 2 is 2.21 bits per heavy atom. The van der Waals surface area contributed by atoms with Gasteiger partial charge in [-0.1, -0.05) is 12.1 Å². The summed E-state index contributed by atoms with van der Waals surface area (Å²) in [7, 11) is 0. The van der Waals surface area contributed by atoms with Crippen molar-refractivity contribution in [3.8, 4) is 11.8 Å². The topological polar surface area (TPSA) is 51.5 Å². The first-order chi connectivity index (χ1) is 9.31. The van der Waals surface area contributed by atoms with E-state index in [9.17, 15) is 0 Å². The van der Waals surface area contributed by atoms with Crippen LogP contribution in [0.4, 0.5) is 0 Å². The second-order valence-electron chi connectivity index (χ2n) is 5.17. The summed E-state index contributed by atoms with van der Waals surface area (Å²) in [5.41, 5.74) is 0.426. The van der Waals surface area contributed by atoms with Crippen LogP contribution in [0.3, 0.4) is 0 Å². The third-order valence-corrected chi connectivity index (χ3v) is 3.82. The molecule has 0 bridgehead atoms. The summed E-state index contributed by atoms with van der Waals surface area (Å²) in [6.45, 7) is 2.12. The first kappa shape index (κ1) is 12.5. The summed E-state index contributed by atoms with van der Waals surface area (Å²) in [5, 5.41) is 9.08. The lowest BCUT2D eigenvalue weighted by atomic mass is 9.91. The van der Waals surface area contributed by atoms with Gasteiger partial charge in [0.15, 0.2) is 0 Å². The lowest BCUT2D eigenvalue weighted by Crippen LogP contribution is -2.44. The molecule has 2 saturated heterocycles. The standard InChI is InChI=1S/C15H17NO3/c16-10-12-3-1-2-4-14(12)19-13-5-7-18-15(9-13)6-8-17-11-15/h1-4,13H,5-9,11H2. The highest BCUT2D eigenvalue weighted by atomic mass is 16.6. The quantitative estimate of drug-likeness (QED) is 0.817. The Balaban J connectivity index is 1.71. The molecule has 0 aromatic heterocycles. The molecule has 0 aliphatic carbocycles. The number of nitrogens with zero attached hydrogens (tertiary/aromatic N) is 1. The van der Waals surface area contributed by atoms with Crippen molar-refractivity contribution in [1.29, 1.82) is 5.26 Å². The van der Waals surface area contributed by atoms with Crippen molar-refractivity contribution in [2.24, 2.45) is 0 Å². The van der Waals surface area contributed by atoms with Crippen LogP contribution in [-0.2, 0) is 9.47 Å². The van der Waals surface area contributed by atoms with Gasteiger partial charge < -0.3 is 14.2 Å². The Bertz CT molecular complexity index is 488. The maximum absolute atomic E-state index is 9.08. The highest BCUT2D eigenvalue weighted by Gasteiger charge is 2.41. The van der Waals surface area contributed by atoms with Gasteiger partial charge in [0.05, 0.1) is 24.4 Å². The molecule has 1 aromatic rings. The second-order valence-corrected chi connectivity index (χ2v) is 5.17. The molecule has 2 unspecified atom stereocenters. The average molecular weight is 259 g/mol. The Morgan fingerprint density at radius 1 is 1.32 bits per heavy atom. The number of rotatable bonds is 2. The molecule has 19 heavy (non-hydrogen) atoms. The van der Waals surface area contributed by atoms with Gasteiger partial charge in [-0.25, -0.2) is 0 Å². The maximum Gasteiger partial charge on any atom is 0.137 e. The van der Waals surface area contributed by atoms with E-state index in [2.05, 4.69) is 6.07 Å². The van der Waals surface area contributed by atoms with Gasteiger partial charge in [0.25, 0.3) is 0 Å². The highest BCUT2D eigenvalue weighted by Crippen LogP contribution is 2.34. The van der Waals surface area contributed by atoms with Gasteiger partial charge in [0.2, 0.25) is 0 Å². The summed E-state index contributed by atoms with van der Waals surface area (Å²) < 4.78 is 17.3. The monoisotopic (exact) mass is 259 g/mol. The predicted molar refractivity (Wildman–Crippen MR) is 68.9 cm³/mol. The molecule has 0 saturated carbocycles. The van der Waals surface area contributed by atoms with Crippen molar-refractivity contribution >= 4 is 0 Å². The van der Waals surface area contributed by atoms with Gasteiger partial charge in [0, 0.05) is 25.9 Å². The summed E-state index contributed by atoms with van der Waals surface area (Å²) >= 11 is 0. The fourth-order valence-electron chi connectivity index (χ4n) is 2.79. The largest absolute Gasteiger partial charge is 0.489 e. The summed E-state index contributed by atoms with van der Waals surface area (Å²) in [5.74, 6) is 0.672. The number of ether oxygens (including phenoxy) is 3.